The van der Waals surface area contributed by atoms with E-state index in [4.69, 9.17) is 0 Å². The van der Waals surface area contributed by atoms with E-state index in [0.717, 1.165) is 10.5 Å². The van der Waals surface area contributed by atoms with Crippen LogP contribution in [0, 0.1) is 13.8 Å². The summed E-state index contributed by atoms with van der Waals surface area (Å²) in [6.07, 6.45) is 3.45. The Morgan fingerprint density at radius 1 is 0.727 bits per heavy atom. The van der Waals surface area contributed by atoms with Crippen molar-refractivity contribution >= 4 is 28.8 Å². The third-order valence-corrected chi connectivity index (χ3v) is 5.66. The molecule has 0 atom stereocenters. The van der Waals surface area contributed by atoms with Gasteiger partial charge in [-0.1, -0.05) is 36.4 Å². The summed E-state index contributed by atoms with van der Waals surface area (Å²) in [6.45, 7) is 3.66. The topological polar surface area (TPSA) is 79.1 Å². The smallest absolute Gasteiger partial charge is 0.295 e. The van der Waals surface area contributed by atoms with E-state index in [1.807, 2.05) is 43.3 Å². The predicted octanol–water partition coefficient (Wildman–Crippen LogP) is 3.01. The Bertz CT molecular complexity index is 1460. The van der Waals surface area contributed by atoms with E-state index in [1.54, 1.807) is 60.3 Å². The van der Waals surface area contributed by atoms with E-state index >= 15 is 0 Å². The van der Waals surface area contributed by atoms with Crippen LogP contribution < -0.4 is 15.0 Å². The van der Waals surface area contributed by atoms with Gasteiger partial charge in [0.1, 0.15) is 5.57 Å². The number of carbonyl (C=O) groups excluding carboxylic acids is 2. The minimum absolute atomic E-state index is 0.0751. The third kappa shape index (κ3) is 3.30. The van der Waals surface area contributed by atoms with Gasteiger partial charge in [0.05, 0.1) is 16.9 Å². The molecule has 4 aromatic rings. The highest BCUT2D eigenvalue weighted by molar-refractivity contribution is 6.53. The van der Waals surface area contributed by atoms with Gasteiger partial charge in [-0.2, -0.15) is 4.57 Å². The molecule has 5 rings (SSSR count). The lowest BCUT2D eigenvalue weighted by atomic mass is 10.1. The largest absolute Gasteiger partial charge is 0.331 e. The molecule has 0 radical (unpaired) electrons. The molecule has 0 saturated heterocycles. The van der Waals surface area contributed by atoms with E-state index in [-0.39, 0.29) is 16.8 Å². The van der Waals surface area contributed by atoms with Gasteiger partial charge in [-0.3, -0.25) is 19.5 Å². The Hall–Kier alpha value is -4.52. The van der Waals surface area contributed by atoms with Gasteiger partial charge in [0.15, 0.2) is 12.4 Å². The molecule has 7 nitrogen and oxygen atoms in total. The number of carbonyl (C=O) groups is 2. The van der Waals surface area contributed by atoms with Crippen LogP contribution in [0.25, 0.3) is 17.0 Å². The number of nitrogens with zero attached hydrogens (tertiary/aromatic N) is 3. The van der Waals surface area contributed by atoms with Crippen LogP contribution in [0.1, 0.15) is 16.8 Å². The standard InChI is InChI=1S/C26H20N4O3/c1-17-13-15-28(16-14-17)23-22(24(31)29(26(23)33)19-9-5-3-6-10-19)21-18(2)27-30(25(21)32)20-11-7-4-8-12-20/h3-16H,1-2H3/p+1. The molecular formula is C26H21N4O3+. The van der Waals surface area contributed by atoms with Gasteiger partial charge >= 0.3 is 5.91 Å². The van der Waals surface area contributed by atoms with Gasteiger partial charge < -0.3 is 0 Å². The Morgan fingerprint density at radius 2 is 1.30 bits per heavy atom. The van der Waals surface area contributed by atoms with Gasteiger partial charge in [-0.25, -0.2) is 9.58 Å². The molecule has 33 heavy (non-hydrogen) atoms. The van der Waals surface area contributed by atoms with Crippen molar-refractivity contribution in [3.05, 3.63) is 112 Å². The van der Waals surface area contributed by atoms with Crippen LogP contribution in [-0.2, 0) is 9.59 Å². The fraction of sp³-hybridized carbons (Fsp3) is 0.0769. The van der Waals surface area contributed by atoms with Crippen molar-refractivity contribution in [2.75, 3.05) is 4.90 Å². The van der Waals surface area contributed by atoms with Crippen LogP contribution in [0.3, 0.4) is 0 Å². The van der Waals surface area contributed by atoms with E-state index in [1.165, 1.54) is 4.68 Å². The maximum atomic E-state index is 13.7. The molecule has 0 aliphatic carbocycles. The first kappa shape index (κ1) is 20.4. The molecule has 162 valence electrons. The number of benzene rings is 2. The maximum absolute atomic E-state index is 13.7. The van der Waals surface area contributed by atoms with Crippen molar-refractivity contribution in [2.24, 2.45) is 0 Å². The molecule has 2 aromatic heterocycles. The van der Waals surface area contributed by atoms with Crippen LogP contribution >= 0.6 is 0 Å². The second kappa shape index (κ2) is 7.87. The number of anilines is 1. The zero-order chi connectivity index (χ0) is 23.1. The van der Waals surface area contributed by atoms with Gasteiger partial charge in [0, 0.05) is 17.8 Å². The van der Waals surface area contributed by atoms with Crippen molar-refractivity contribution in [1.82, 2.24) is 9.78 Å². The number of imide groups is 1. The highest BCUT2D eigenvalue weighted by Crippen LogP contribution is 2.33. The number of hydrogen-bond acceptors (Lipinski definition) is 3. The van der Waals surface area contributed by atoms with Crippen molar-refractivity contribution in [3.8, 4) is 5.69 Å². The summed E-state index contributed by atoms with van der Waals surface area (Å²) in [6, 6.07) is 21.5. The van der Waals surface area contributed by atoms with Crippen LogP contribution in [0.4, 0.5) is 5.69 Å². The summed E-state index contributed by atoms with van der Waals surface area (Å²) in [7, 11) is 0. The summed E-state index contributed by atoms with van der Waals surface area (Å²) < 4.78 is 2.99. The molecule has 2 amide bonds. The third-order valence-electron chi connectivity index (χ3n) is 5.66. The quantitative estimate of drug-likeness (QED) is 0.394. The number of nitrogens with one attached hydrogen (secondary N) is 1. The Kier molecular flexibility index (Phi) is 4.86. The number of rotatable bonds is 4. The van der Waals surface area contributed by atoms with E-state index in [2.05, 4.69) is 5.10 Å². The average molecular weight is 437 g/mol. The molecule has 0 fully saturated rings. The molecule has 3 heterocycles. The van der Waals surface area contributed by atoms with Gasteiger partial charge in [-0.05, 0) is 43.7 Å². The van der Waals surface area contributed by atoms with Gasteiger partial charge in [-0.15, -0.1) is 0 Å². The van der Waals surface area contributed by atoms with E-state index < -0.39 is 17.4 Å². The molecule has 0 bridgehead atoms. The van der Waals surface area contributed by atoms with Crippen molar-refractivity contribution in [3.63, 3.8) is 0 Å². The summed E-state index contributed by atoms with van der Waals surface area (Å²) >= 11 is 0. The number of pyridine rings is 1. The number of amides is 2. The molecular weight excluding hydrogens is 416 g/mol. The first-order valence-corrected chi connectivity index (χ1v) is 10.5. The zero-order valence-electron chi connectivity index (χ0n) is 18.1. The fourth-order valence-electron chi connectivity index (χ4n) is 4.04. The lowest BCUT2D eigenvalue weighted by Crippen LogP contribution is -2.39. The van der Waals surface area contributed by atoms with Crippen LogP contribution in [0.2, 0.25) is 0 Å². The Labute approximate surface area is 189 Å². The first-order chi connectivity index (χ1) is 16.0. The number of para-hydroxylation sites is 2. The summed E-state index contributed by atoms with van der Waals surface area (Å²) in [4.78, 5) is 41.9. The number of aromatic nitrogens is 3. The lowest BCUT2D eigenvalue weighted by molar-refractivity contribution is -0.576. The Morgan fingerprint density at radius 3 is 1.91 bits per heavy atom. The van der Waals surface area contributed by atoms with Crippen LogP contribution in [-0.4, -0.2) is 21.6 Å². The van der Waals surface area contributed by atoms with Crippen molar-refractivity contribution in [2.45, 2.75) is 13.8 Å². The van der Waals surface area contributed by atoms with E-state index in [0.29, 0.717) is 17.1 Å². The monoisotopic (exact) mass is 437 g/mol. The second-order valence-electron chi connectivity index (χ2n) is 7.88. The van der Waals surface area contributed by atoms with Gasteiger partial charge in [0.2, 0.25) is 0 Å². The lowest BCUT2D eigenvalue weighted by Gasteiger charge is -2.13. The fourth-order valence-corrected chi connectivity index (χ4v) is 4.04. The number of H-pyrrole nitrogens is 1. The van der Waals surface area contributed by atoms with Gasteiger partial charge in [0.25, 0.3) is 17.2 Å². The number of aromatic amines is 1. The highest BCUT2D eigenvalue weighted by atomic mass is 16.2. The molecule has 0 spiro atoms. The summed E-state index contributed by atoms with van der Waals surface area (Å²) in [5, 5.41) is 3.06. The predicted molar refractivity (Wildman–Crippen MR) is 125 cm³/mol. The minimum atomic E-state index is -0.534. The number of aryl methyl sites for hydroxylation is 2. The molecule has 1 aliphatic rings. The van der Waals surface area contributed by atoms with E-state index in [9.17, 15) is 14.4 Å². The highest BCUT2D eigenvalue weighted by Gasteiger charge is 2.47. The van der Waals surface area contributed by atoms with Crippen LogP contribution in [0.5, 0.6) is 0 Å². The van der Waals surface area contributed by atoms with Crippen molar-refractivity contribution in [1.29, 1.82) is 0 Å². The van der Waals surface area contributed by atoms with Crippen LogP contribution in [0.15, 0.2) is 90.0 Å². The molecule has 1 N–H and O–H groups in total. The second-order valence-corrected chi connectivity index (χ2v) is 7.88. The Balaban J connectivity index is 1.76. The summed E-state index contributed by atoms with van der Waals surface area (Å²) in [5.74, 6) is -1.02. The normalized spacial score (nSPS) is 13.8. The molecule has 2 aromatic carbocycles. The first-order valence-electron chi connectivity index (χ1n) is 10.5. The minimum Gasteiger partial charge on any atom is -0.295 e. The van der Waals surface area contributed by atoms with Crippen molar-refractivity contribution < 1.29 is 14.2 Å². The average Bonchev–Trinajstić information content (AvgIpc) is 3.26. The number of hydrogen-bond donors (Lipinski definition) is 1. The molecule has 7 heteroatoms. The SMILES string of the molecule is Cc1cc[n+](C2=C(c3c(C)[nH]n(-c4ccccc4)c3=O)C(=O)N(c3ccccc3)C2=O)cc1. The summed E-state index contributed by atoms with van der Waals surface area (Å²) in [5.41, 5.74) is 2.60. The molecule has 0 saturated carbocycles. The maximum Gasteiger partial charge on any atom is 0.331 e. The molecule has 0 unspecified atom stereocenters. The zero-order valence-corrected chi connectivity index (χ0v) is 18.1. The molecule has 1 aliphatic heterocycles.